The normalized spacial score (nSPS) is 12.2. The molecule has 7 heteroatoms. The molecule has 0 saturated carbocycles. The second kappa shape index (κ2) is 14.7. The first-order valence-corrected chi connectivity index (χ1v) is 12.7. The third-order valence-electron chi connectivity index (χ3n) is 5.66. The smallest absolute Gasteiger partial charge is 0.329 e. The summed E-state index contributed by atoms with van der Waals surface area (Å²) in [5.41, 5.74) is 2.81. The van der Waals surface area contributed by atoms with E-state index in [1.54, 1.807) is 0 Å². The number of benzene rings is 3. The Bertz CT molecular complexity index is 1090. The number of aryl methyl sites for hydroxylation is 1. The molecule has 0 unspecified atom stereocenters. The molecule has 2 atom stereocenters. The molecule has 0 aliphatic carbocycles. The van der Waals surface area contributed by atoms with Crippen molar-refractivity contribution >= 4 is 30.4 Å². The van der Waals surface area contributed by atoms with E-state index in [0.29, 0.717) is 25.0 Å². The van der Waals surface area contributed by atoms with Gasteiger partial charge in [0.25, 0.3) is 0 Å². The van der Waals surface area contributed by atoms with Crippen LogP contribution < -0.4 is 10.6 Å². The zero-order valence-electron chi connectivity index (χ0n) is 20.1. The van der Waals surface area contributed by atoms with E-state index in [2.05, 4.69) is 23.3 Å². The Hall–Kier alpha value is -3.58. The van der Waals surface area contributed by atoms with E-state index in [1.165, 1.54) is 0 Å². The second-order valence-corrected chi connectivity index (χ2v) is 8.91. The van der Waals surface area contributed by atoms with Gasteiger partial charge in [-0.1, -0.05) is 91.0 Å². The molecule has 0 bridgehead atoms. The molecule has 0 spiro atoms. The lowest BCUT2D eigenvalue weighted by Gasteiger charge is -2.23. The maximum Gasteiger partial charge on any atom is 0.329 e. The van der Waals surface area contributed by atoms with Gasteiger partial charge < -0.3 is 15.4 Å². The lowest BCUT2D eigenvalue weighted by Crippen LogP contribution is -2.53. The van der Waals surface area contributed by atoms with Crippen LogP contribution in [0.5, 0.6) is 0 Å². The summed E-state index contributed by atoms with van der Waals surface area (Å²) >= 11 is 4.24. The average molecular weight is 505 g/mol. The van der Waals surface area contributed by atoms with Crippen LogP contribution in [0.4, 0.5) is 0 Å². The third kappa shape index (κ3) is 9.23. The topological polar surface area (TPSA) is 84.5 Å². The van der Waals surface area contributed by atoms with Crippen LogP contribution in [0.2, 0.25) is 0 Å². The number of nitrogens with one attached hydrogen (secondary N) is 2. The minimum absolute atomic E-state index is 0.113. The number of esters is 1. The zero-order valence-corrected chi connectivity index (χ0v) is 21.0. The molecule has 188 valence electrons. The number of hydrogen-bond donors (Lipinski definition) is 3. The van der Waals surface area contributed by atoms with Gasteiger partial charge in [-0.25, -0.2) is 4.79 Å². The SMILES string of the molecule is O=C(CCc1ccccc1)N[C@@H](Cc1ccccc1)C(=O)N[C@@H](CCS)C(=O)OCc1ccccc1. The largest absolute Gasteiger partial charge is 0.459 e. The summed E-state index contributed by atoms with van der Waals surface area (Å²) in [6.07, 6.45) is 1.43. The summed E-state index contributed by atoms with van der Waals surface area (Å²) in [4.78, 5) is 38.7. The van der Waals surface area contributed by atoms with Crippen molar-refractivity contribution in [3.63, 3.8) is 0 Å². The minimum atomic E-state index is -0.863. The van der Waals surface area contributed by atoms with E-state index >= 15 is 0 Å². The van der Waals surface area contributed by atoms with E-state index in [-0.39, 0.29) is 18.9 Å². The molecule has 0 saturated heterocycles. The lowest BCUT2D eigenvalue weighted by molar-refractivity contribution is -0.149. The van der Waals surface area contributed by atoms with Crippen molar-refractivity contribution in [3.05, 3.63) is 108 Å². The fourth-order valence-corrected chi connectivity index (χ4v) is 3.97. The lowest BCUT2D eigenvalue weighted by atomic mass is 10.0. The van der Waals surface area contributed by atoms with E-state index in [9.17, 15) is 14.4 Å². The highest BCUT2D eigenvalue weighted by Gasteiger charge is 2.27. The van der Waals surface area contributed by atoms with Crippen molar-refractivity contribution in [3.8, 4) is 0 Å². The molecule has 0 aliphatic heterocycles. The monoisotopic (exact) mass is 504 g/mol. The zero-order chi connectivity index (χ0) is 25.6. The van der Waals surface area contributed by atoms with Gasteiger partial charge >= 0.3 is 5.97 Å². The summed E-state index contributed by atoms with van der Waals surface area (Å²) in [5.74, 6) is -0.809. The van der Waals surface area contributed by atoms with E-state index in [4.69, 9.17) is 4.74 Å². The van der Waals surface area contributed by atoms with Gasteiger partial charge in [-0.05, 0) is 35.3 Å². The number of thiol groups is 1. The Morgan fingerprint density at radius 1 is 0.722 bits per heavy atom. The molecular weight excluding hydrogens is 472 g/mol. The van der Waals surface area contributed by atoms with E-state index in [0.717, 1.165) is 16.7 Å². The molecule has 3 rings (SSSR count). The first-order valence-electron chi connectivity index (χ1n) is 12.0. The predicted octanol–water partition coefficient (Wildman–Crippen LogP) is 3.89. The van der Waals surface area contributed by atoms with Crippen LogP contribution in [0.1, 0.15) is 29.5 Å². The molecule has 0 heterocycles. The maximum absolute atomic E-state index is 13.3. The number of rotatable bonds is 13. The highest BCUT2D eigenvalue weighted by Crippen LogP contribution is 2.09. The van der Waals surface area contributed by atoms with Gasteiger partial charge in [0, 0.05) is 12.8 Å². The Morgan fingerprint density at radius 3 is 1.86 bits per heavy atom. The van der Waals surface area contributed by atoms with Crippen molar-refractivity contribution in [2.24, 2.45) is 0 Å². The van der Waals surface area contributed by atoms with Crippen molar-refractivity contribution < 1.29 is 19.1 Å². The van der Waals surface area contributed by atoms with Crippen LogP contribution in [0.15, 0.2) is 91.0 Å². The Balaban J connectivity index is 1.64. The minimum Gasteiger partial charge on any atom is -0.459 e. The van der Waals surface area contributed by atoms with Gasteiger partial charge in [0.2, 0.25) is 11.8 Å². The highest BCUT2D eigenvalue weighted by atomic mass is 32.1. The first kappa shape index (κ1) is 27.0. The fraction of sp³-hybridized carbons (Fsp3) is 0.276. The van der Waals surface area contributed by atoms with Crippen LogP contribution in [0.25, 0.3) is 0 Å². The maximum atomic E-state index is 13.3. The van der Waals surface area contributed by atoms with Crippen LogP contribution in [0, 0.1) is 0 Å². The van der Waals surface area contributed by atoms with Crippen molar-refractivity contribution in [2.45, 2.75) is 44.4 Å². The van der Waals surface area contributed by atoms with E-state index < -0.39 is 24.0 Å². The molecule has 3 aromatic carbocycles. The number of ether oxygens (including phenoxy) is 1. The van der Waals surface area contributed by atoms with Crippen LogP contribution in [-0.4, -0.2) is 35.6 Å². The fourth-order valence-electron chi connectivity index (χ4n) is 3.71. The van der Waals surface area contributed by atoms with Gasteiger partial charge in [-0.2, -0.15) is 12.6 Å². The molecule has 3 aromatic rings. The molecule has 0 fully saturated rings. The molecule has 0 aromatic heterocycles. The second-order valence-electron chi connectivity index (χ2n) is 8.46. The molecule has 36 heavy (non-hydrogen) atoms. The number of hydrogen-bond acceptors (Lipinski definition) is 5. The standard InChI is InChI=1S/C29H32N2O4S/c32-27(17-16-22-10-4-1-5-11-22)30-26(20-23-12-6-2-7-13-23)28(33)31-25(18-19-36)29(34)35-21-24-14-8-3-9-15-24/h1-15,25-26,36H,16-21H2,(H,30,32)(H,31,33)/t25-,26-/m0/s1. The Labute approximate surface area is 217 Å². The first-order chi connectivity index (χ1) is 17.5. The summed E-state index contributed by atoms with van der Waals surface area (Å²) in [7, 11) is 0. The summed E-state index contributed by atoms with van der Waals surface area (Å²) in [6, 6.07) is 26.8. The van der Waals surface area contributed by atoms with Gasteiger partial charge in [-0.3, -0.25) is 9.59 Å². The van der Waals surface area contributed by atoms with Crippen molar-refractivity contribution in [2.75, 3.05) is 5.75 Å². The summed E-state index contributed by atoms with van der Waals surface area (Å²) < 4.78 is 5.44. The van der Waals surface area contributed by atoms with Crippen molar-refractivity contribution in [1.29, 1.82) is 0 Å². The Kier molecular flexibility index (Phi) is 11.1. The average Bonchev–Trinajstić information content (AvgIpc) is 2.91. The molecular formula is C29H32N2O4S. The van der Waals surface area contributed by atoms with Crippen molar-refractivity contribution in [1.82, 2.24) is 10.6 Å². The number of amides is 2. The molecule has 2 amide bonds. The molecule has 2 N–H and O–H groups in total. The quantitative estimate of drug-likeness (QED) is 0.244. The van der Waals surface area contributed by atoms with Gasteiger partial charge in [0.15, 0.2) is 0 Å². The summed E-state index contributed by atoms with van der Waals surface area (Å²) in [6.45, 7) is 0.113. The third-order valence-corrected chi connectivity index (χ3v) is 5.92. The molecule has 0 aliphatic rings. The van der Waals surface area contributed by atoms with Crippen LogP contribution >= 0.6 is 12.6 Å². The van der Waals surface area contributed by atoms with Gasteiger partial charge in [0.05, 0.1) is 0 Å². The molecule has 6 nitrogen and oxygen atoms in total. The number of carbonyl (C=O) groups excluding carboxylic acids is 3. The van der Waals surface area contributed by atoms with Gasteiger partial charge in [0.1, 0.15) is 18.7 Å². The Morgan fingerprint density at radius 2 is 1.28 bits per heavy atom. The molecule has 0 radical (unpaired) electrons. The van der Waals surface area contributed by atoms with Crippen LogP contribution in [-0.2, 0) is 38.6 Å². The van der Waals surface area contributed by atoms with Gasteiger partial charge in [-0.15, -0.1) is 0 Å². The predicted molar refractivity (Wildman–Crippen MR) is 143 cm³/mol. The van der Waals surface area contributed by atoms with E-state index in [1.807, 2.05) is 91.0 Å². The summed E-state index contributed by atoms with van der Waals surface area (Å²) in [5, 5.41) is 5.63. The number of carbonyl (C=O) groups is 3. The van der Waals surface area contributed by atoms with Crippen LogP contribution in [0.3, 0.4) is 0 Å². The highest BCUT2D eigenvalue weighted by molar-refractivity contribution is 7.80.